The monoisotopic (exact) mass is 257 g/mol. The van der Waals surface area contributed by atoms with Crippen LogP contribution in [0.5, 0.6) is 0 Å². The maximum Gasteiger partial charge on any atom is 0.0587 e. The van der Waals surface area contributed by atoms with Crippen LogP contribution in [0.2, 0.25) is 0 Å². The molecule has 0 aromatic carbocycles. The van der Waals surface area contributed by atoms with Gasteiger partial charge in [0.2, 0.25) is 0 Å². The zero-order valence-electron chi connectivity index (χ0n) is 12.5. The molecule has 18 heavy (non-hydrogen) atoms. The summed E-state index contributed by atoms with van der Waals surface area (Å²) in [7, 11) is 1.76. The predicted octanol–water partition coefficient (Wildman–Crippen LogP) is 1.03. The van der Waals surface area contributed by atoms with Crippen molar-refractivity contribution in [2.75, 3.05) is 59.5 Å². The van der Waals surface area contributed by atoms with E-state index in [2.05, 4.69) is 29.0 Å². The van der Waals surface area contributed by atoms with E-state index in [1.165, 1.54) is 45.6 Å². The Hall–Kier alpha value is -0.160. The fourth-order valence-corrected chi connectivity index (χ4v) is 2.67. The molecular formula is C14H31N3O. The molecule has 0 aromatic rings. The summed E-state index contributed by atoms with van der Waals surface area (Å²) >= 11 is 0. The number of hydrogen-bond acceptors (Lipinski definition) is 4. The lowest BCUT2D eigenvalue weighted by atomic mass is 10.2. The van der Waals surface area contributed by atoms with Gasteiger partial charge in [-0.2, -0.15) is 0 Å². The lowest BCUT2D eigenvalue weighted by Crippen LogP contribution is -2.42. The van der Waals surface area contributed by atoms with E-state index in [0.29, 0.717) is 0 Å². The molecule has 1 saturated heterocycles. The van der Waals surface area contributed by atoms with Crippen molar-refractivity contribution in [1.29, 1.82) is 0 Å². The van der Waals surface area contributed by atoms with E-state index in [0.717, 1.165) is 25.7 Å². The molecule has 0 amide bonds. The summed E-state index contributed by atoms with van der Waals surface area (Å²) in [6, 6.07) is 0.734. The normalized spacial score (nSPS) is 21.0. The molecule has 0 aromatic heterocycles. The Morgan fingerprint density at radius 3 is 2.78 bits per heavy atom. The molecule has 1 rings (SSSR count). The fourth-order valence-electron chi connectivity index (χ4n) is 2.67. The molecule has 1 aliphatic heterocycles. The molecule has 0 bridgehead atoms. The van der Waals surface area contributed by atoms with Crippen molar-refractivity contribution in [1.82, 2.24) is 15.1 Å². The third-order valence-electron chi connectivity index (χ3n) is 3.96. The molecule has 0 saturated carbocycles. The van der Waals surface area contributed by atoms with Gasteiger partial charge in [0.25, 0.3) is 0 Å². The second kappa shape index (κ2) is 9.73. The van der Waals surface area contributed by atoms with Crippen LogP contribution >= 0.6 is 0 Å². The van der Waals surface area contributed by atoms with Gasteiger partial charge in [-0.1, -0.05) is 13.8 Å². The van der Waals surface area contributed by atoms with E-state index >= 15 is 0 Å². The molecule has 1 unspecified atom stereocenters. The largest absolute Gasteiger partial charge is 0.383 e. The number of nitrogens with zero attached hydrogens (tertiary/aromatic N) is 2. The molecule has 0 aliphatic carbocycles. The lowest BCUT2D eigenvalue weighted by molar-refractivity contribution is 0.183. The van der Waals surface area contributed by atoms with Crippen molar-refractivity contribution < 1.29 is 4.74 Å². The third kappa shape index (κ3) is 5.65. The summed E-state index contributed by atoms with van der Waals surface area (Å²) in [4.78, 5) is 5.16. The van der Waals surface area contributed by atoms with E-state index in [1.807, 2.05) is 0 Å². The van der Waals surface area contributed by atoms with Gasteiger partial charge in [-0.15, -0.1) is 0 Å². The van der Waals surface area contributed by atoms with Gasteiger partial charge in [0.05, 0.1) is 6.61 Å². The Balaban J connectivity index is 2.18. The highest BCUT2D eigenvalue weighted by atomic mass is 16.5. The summed E-state index contributed by atoms with van der Waals surface area (Å²) in [6.45, 7) is 13.4. The number of likely N-dealkylation sites (N-methyl/N-ethyl adjacent to an activating group) is 1. The number of nitrogens with one attached hydrogen (secondary N) is 1. The van der Waals surface area contributed by atoms with Gasteiger partial charge < -0.3 is 15.0 Å². The van der Waals surface area contributed by atoms with Crippen molar-refractivity contribution in [3.05, 3.63) is 0 Å². The van der Waals surface area contributed by atoms with Gasteiger partial charge in [0, 0.05) is 39.3 Å². The van der Waals surface area contributed by atoms with Gasteiger partial charge in [-0.3, -0.25) is 4.90 Å². The zero-order chi connectivity index (χ0) is 13.2. The van der Waals surface area contributed by atoms with E-state index in [1.54, 1.807) is 7.11 Å². The van der Waals surface area contributed by atoms with Gasteiger partial charge in [-0.25, -0.2) is 0 Å². The van der Waals surface area contributed by atoms with Gasteiger partial charge in [-0.05, 0) is 32.5 Å². The van der Waals surface area contributed by atoms with Crippen molar-refractivity contribution in [3.8, 4) is 0 Å². The van der Waals surface area contributed by atoms with E-state index in [9.17, 15) is 0 Å². The van der Waals surface area contributed by atoms with Gasteiger partial charge in [0.1, 0.15) is 0 Å². The van der Waals surface area contributed by atoms with Gasteiger partial charge in [0.15, 0.2) is 0 Å². The Bertz CT molecular complexity index is 197. The maximum atomic E-state index is 5.06. The Morgan fingerprint density at radius 2 is 2.11 bits per heavy atom. The lowest BCUT2D eigenvalue weighted by Gasteiger charge is -2.27. The van der Waals surface area contributed by atoms with Crippen LogP contribution in [0.15, 0.2) is 0 Å². The van der Waals surface area contributed by atoms with Crippen molar-refractivity contribution in [2.24, 2.45) is 0 Å². The maximum absolute atomic E-state index is 5.06. The highest BCUT2D eigenvalue weighted by Gasteiger charge is 2.23. The molecule has 1 N–H and O–H groups in total. The second-order valence-electron chi connectivity index (χ2n) is 5.06. The van der Waals surface area contributed by atoms with Crippen molar-refractivity contribution in [3.63, 3.8) is 0 Å². The van der Waals surface area contributed by atoms with Crippen LogP contribution in [0.25, 0.3) is 0 Å². The smallest absolute Gasteiger partial charge is 0.0587 e. The minimum atomic E-state index is 0.734. The highest BCUT2D eigenvalue weighted by Crippen LogP contribution is 2.16. The minimum absolute atomic E-state index is 0.734. The Labute approximate surface area is 113 Å². The standard InChI is InChI=1S/C14H31N3O/c1-4-16(5-2)10-11-17-9-6-7-14(17)13-15-8-12-18-3/h14-15H,4-13H2,1-3H3. The number of hydrogen-bond donors (Lipinski definition) is 1. The molecule has 108 valence electrons. The van der Waals surface area contributed by atoms with E-state index < -0.39 is 0 Å². The molecule has 0 spiro atoms. The molecule has 0 radical (unpaired) electrons. The fraction of sp³-hybridized carbons (Fsp3) is 1.00. The quantitative estimate of drug-likeness (QED) is 0.592. The Kier molecular flexibility index (Phi) is 8.59. The summed E-state index contributed by atoms with van der Waals surface area (Å²) in [5.74, 6) is 0. The summed E-state index contributed by atoms with van der Waals surface area (Å²) in [5, 5.41) is 3.49. The first-order valence-electron chi connectivity index (χ1n) is 7.47. The van der Waals surface area contributed by atoms with Crippen LogP contribution in [0.4, 0.5) is 0 Å². The summed E-state index contributed by atoms with van der Waals surface area (Å²) < 4.78 is 5.06. The SMILES string of the molecule is CCN(CC)CCN1CCCC1CNCCOC. The summed E-state index contributed by atoms with van der Waals surface area (Å²) in [5.41, 5.74) is 0. The first kappa shape index (κ1) is 15.9. The van der Waals surface area contributed by atoms with Gasteiger partial charge >= 0.3 is 0 Å². The first-order valence-corrected chi connectivity index (χ1v) is 7.47. The predicted molar refractivity (Wildman–Crippen MR) is 77.1 cm³/mol. The molecule has 1 heterocycles. The summed E-state index contributed by atoms with van der Waals surface area (Å²) in [6.07, 6.45) is 2.70. The molecule has 1 aliphatic rings. The average Bonchev–Trinajstić information content (AvgIpc) is 2.83. The molecule has 1 fully saturated rings. The third-order valence-corrected chi connectivity index (χ3v) is 3.96. The first-order chi connectivity index (χ1) is 8.81. The van der Waals surface area contributed by atoms with Crippen LogP contribution in [-0.2, 0) is 4.74 Å². The topological polar surface area (TPSA) is 27.7 Å². The number of rotatable bonds is 10. The minimum Gasteiger partial charge on any atom is -0.383 e. The van der Waals surface area contributed by atoms with Crippen LogP contribution < -0.4 is 5.32 Å². The van der Waals surface area contributed by atoms with Crippen LogP contribution in [-0.4, -0.2) is 75.4 Å². The molecule has 1 atom stereocenters. The highest BCUT2D eigenvalue weighted by molar-refractivity contribution is 4.81. The van der Waals surface area contributed by atoms with E-state index in [-0.39, 0.29) is 0 Å². The number of likely N-dealkylation sites (tertiary alicyclic amines) is 1. The number of methoxy groups -OCH3 is 1. The van der Waals surface area contributed by atoms with Crippen LogP contribution in [0.1, 0.15) is 26.7 Å². The molecule has 4 nitrogen and oxygen atoms in total. The van der Waals surface area contributed by atoms with Crippen molar-refractivity contribution in [2.45, 2.75) is 32.7 Å². The number of ether oxygens (including phenoxy) is 1. The van der Waals surface area contributed by atoms with Crippen LogP contribution in [0, 0.1) is 0 Å². The Morgan fingerprint density at radius 1 is 1.33 bits per heavy atom. The molecule has 4 heteroatoms. The molecular weight excluding hydrogens is 226 g/mol. The zero-order valence-corrected chi connectivity index (χ0v) is 12.5. The van der Waals surface area contributed by atoms with Crippen LogP contribution in [0.3, 0.4) is 0 Å². The van der Waals surface area contributed by atoms with E-state index in [4.69, 9.17) is 4.74 Å². The van der Waals surface area contributed by atoms with Crippen molar-refractivity contribution >= 4 is 0 Å². The average molecular weight is 257 g/mol. The second-order valence-corrected chi connectivity index (χ2v) is 5.06.